The highest BCUT2D eigenvalue weighted by atomic mass is 16.5. The fraction of sp³-hybridized carbons (Fsp3) is 0.667. The van der Waals surface area contributed by atoms with Crippen LogP contribution < -0.4 is 9.64 Å². The van der Waals surface area contributed by atoms with Gasteiger partial charge in [0, 0.05) is 12.0 Å². The Hall–Kier alpha value is -1.22. The molecule has 2 rings (SSSR count). The molecule has 0 amide bonds. The summed E-state index contributed by atoms with van der Waals surface area (Å²) in [5, 5.41) is 10.4. The van der Waals surface area contributed by atoms with E-state index in [-0.39, 0.29) is 5.60 Å². The number of rotatable bonds is 3. The summed E-state index contributed by atoms with van der Waals surface area (Å²) in [5.41, 5.74) is 3.97. The first kappa shape index (κ1) is 16.2. The van der Waals surface area contributed by atoms with Gasteiger partial charge in [-0.2, -0.15) is 4.90 Å². The van der Waals surface area contributed by atoms with Crippen molar-refractivity contribution >= 4 is 0 Å². The monoisotopic (exact) mass is 291 g/mol. The third kappa shape index (κ3) is 2.64. The molecule has 21 heavy (non-hydrogen) atoms. The van der Waals surface area contributed by atoms with Crippen molar-refractivity contribution in [2.75, 3.05) is 13.1 Å². The van der Waals surface area contributed by atoms with Crippen LogP contribution in [-0.4, -0.2) is 23.8 Å². The first-order chi connectivity index (χ1) is 9.73. The largest absolute Gasteiger partial charge is 0.507 e. The average Bonchev–Trinajstić information content (AvgIpc) is 2.42. The van der Waals surface area contributed by atoms with Crippen LogP contribution in [0.25, 0.3) is 0 Å². The molecule has 0 aliphatic carbocycles. The van der Waals surface area contributed by atoms with Crippen LogP contribution in [0.4, 0.5) is 0 Å². The Morgan fingerprint density at radius 1 is 1.10 bits per heavy atom. The van der Waals surface area contributed by atoms with Gasteiger partial charge in [0.15, 0.2) is 6.04 Å². The van der Waals surface area contributed by atoms with E-state index < -0.39 is 0 Å². The Kier molecular flexibility index (Phi) is 4.25. The van der Waals surface area contributed by atoms with Crippen molar-refractivity contribution in [3.8, 4) is 11.5 Å². The van der Waals surface area contributed by atoms with Gasteiger partial charge in [-0.25, -0.2) is 0 Å². The number of benzene rings is 1. The van der Waals surface area contributed by atoms with Crippen LogP contribution in [0.3, 0.4) is 0 Å². The van der Waals surface area contributed by atoms with E-state index in [1.165, 1.54) is 5.56 Å². The number of hydrogen-bond donors (Lipinski definition) is 1. The molecule has 1 radical (unpaired) electrons. The molecular formula is C18H29NO2+. The highest BCUT2D eigenvalue weighted by Crippen LogP contribution is 2.48. The first-order valence-corrected chi connectivity index (χ1v) is 7.99. The second kappa shape index (κ2) is 5.53. The molecule has 0 saturated heterocycles. The number of hydrogen-bond acceptors (Lipinski definition) is 3. The summed E-state index contributed by atoms with van der Waals surface area (Å²) in [5.74, 6) is 1.41. The zero-order valence-corrected chi connectivity index (χ0v) is 14.5. The minimum absolute atomic E-state index is 0.180. The van der Waals surface area contributed by atoms with Gasteiger partial charge in [-0.1, -0.05) is 0 Å². The zero-order valence-electron chi connectivity index (χ0n) is 14.5. The molecule has 0 saturated carbocycles. The molecule has 1 aliphatic rings. The predicted octanol–water partition coefficient (Wildman–Crippen LogP) is 4.10. The Labute approximate surface area is 128 Å². The van der Waals surface area contributed by atoms with Crippen molar-refractivity contribution < 1.29 is 9.84 Å². The van der Waals surface area contributed by atoms with E-state index in [1.807, 2.05) is 20.8 Å². The number of phenolic OH excluding ortho intramolecular Hbond substituents is 1. The van der Waals surface area contributed by atoms with Gasteiger partial charge in [0.2, 0.25) is 0 Å². The maximum Gasteiger partial charge on any atom is 0.165 e. The fourth-order valence-electron chi connectivity index (χ4n) is 3.52. The fourth-order valence-corrected chi connectivity index (χ4v) is 3.52. The lowest BCUT2D eigenvalue weighted by Crippen LogP contribution is -2.44. The van der Waals surface area contributed by atoms with Crippen LogP contribution in [0.2, 0.25) is 0 Å². The van der Waals surface area contributed by atoms with E-state index >= 15 is 0 Å². The summed E-state index contributed by atoms with van der Waals surface area (Å²) in [6.45, 7) is 16.7. The molecule has 117 valence electrons. The van der Waals surface area contributed by atoms with Crippen molar-refractivity contribution in [3.05, 3.63) is 22.3 Å². The molecule has 1 atom stereocenters. The van der Waals surface area contributed by atoms with Crippen LogP contribution >= 0.6 is 0 Å². The maximum atomic E-state index is 10.4. The third-order valence-corrected chi connectivity index (χ3v) is 4.91. The molecule has 1 aromatic rings. The number of phenols is 1. The molecule has 0 fully saturated rings. The van der Waals surface area contributed by atoms with Gasteiger partial charge >= 0.3 is 0 Å². The van der Waals surface area contributed by atoms with Crippen molar-refractivity contribution in [1.29, 1.82) is 0 Å². The topological polar surface area (TPSA) is 35.4 Å². The molecular weight excluding hydrogens is 262 g/mol. The Morgan fingerprint density at radius 2 is 1.67 bits per heavy atom. The zero-order chi connectivity index (χ0) is 15.9. The molecule has 3 heteroatoms. The number of fused-ring (bicyclic) bond motifs is 1. The normalized spacial score (nSPS) is 20.3. The molecule has 1 heterocycles. The summed E-state index contributed by atoms with van der Waals surface area (Å²) in [4.78, 5) is 2.46. The van der Waals surface area contributed by atoms with Crippen LogP contribution in [0.1, 0.15) is 62.4 Å². The number of aromatic hydroxyl groups is 1. The third-order valence-electron chi connectivity index (χ3n) is 4.91. The van der Waals surface area contributed by atoms with Crippen LogP contribution in [0.15, 0.2) is 0 Å². The summed E-state index contributed by atoms with van der Waals surface area (Å²) in [6.07, 6.45) is 0.949. The minimum Gasteiger partial charge on any atom is -0.507 e. The quantitative estimate of drug-likeness (QED) is 0.851. The van der Waals surface area contributed by atoms with E-state index in [0.717, 1.165) is 42.0 Å². The molecule has 1 N–H and O–H groups in total. The standard InChI is InChI=1S/C18H29NO2/c1-8-19(9-2)14-10-18(6,7)21-17-12(4)11(3)16(20)13(5)15(14)17/h14,20H,8-10H2,1-7H3/q+1. The van der Waals surface area contributed by atoms with E-state index in [2.05, 4.69) is 32.6 Å². The molecule has 0 aromatic heterocycles. The molecule has 0 spiro atoms. The number of ether oxygens (including phenoxy) is 1. The highest BCUT2D eigenvalue weighted by molar-refractivity contribution is 5.59. The van der Waals surface area contributed by atoms with Gasteiger partial charge in [-0.05, 0) is 59.6 Å². The van der Waals surface area contributed by atoms with Crippen molar-refractivity contribution in [1.82, 2.24) is 4.90 Å². The van der Waals surface area contributed by atoms with Gasteiger partial charge in [0.1, 0.15) is 30.2 Å². The van der Waals surface area contributed by atoms with Crippen molar-refractivity contribution in [2.45, 2.75) is 66.5 Å². The van der Waals surface area contributed by atoms with E-state index in [0.29, 0.717) is 11.8 Å². The van der Waals surface area contributed by atoms with Gasteiger partial charge in [0.05, 0.1) is 5.56 Å². The van der Waals surface area contributed by atoms with E-state index in [4.69, 9.17) is 4.74 Å². The molecule has 3 nitrogen and oxygen atoms in total. The lowest BCUT2D eigenvalue weighted by Gasteiger charge is -2.39. The molecule has 1 unspecified atom stereocenters. The SMILES string of the molecule is CC[N+](CC)C1CC(C)(C)Oc2c(C)c(C)c(O)c(C)c21. The molecule has 0 bridgehead atoms. The van der Waals surface area contributed by atoms with E-state index in [9.17, 15) is 5.11 Å². The predicted molar refractivity (Wildman–Crippen MR) is 87.6 cm³/mol. The molecule has 1 aliphatic heterocycles. The lowest BCUT2D eigenvalue weighted by atomic mass is 9.83. The Morgan fingerprint density at radius 3 is 2.19 bits per heavy atom. The number of nitrogens with zero attached hydrogens (tertiary/aromatic N) is 1. The highest BCUT2D eigenvalue weighted by Gasteiger charge is 2.43. The van der Waals surface area contributed by atoms with Gasteiger partial charge in [0.25, 0.3) is 0 Å². The van der Waals surface area contributed by atoms with Crippen molar-refractivity contribution in [3.63, 3.8) is 0 Å². The summed E-state index contributed by atoms with van der Waals surface area (Å²) in [7, 11) is 0. The van der Waals surface area contributed by atoms with Crippen LogP contribution in [0, 0.1) is 20.8 Å². The van der Waals surface area contributed by atoms with Crippen LogP contribution in [0.5, 0.6) is 11.5 Å². The second-order valence-electron chi connectivity index (χ2n) is 6.77. The van der Waals surface area contributed by atoms with Gasteiger partial charge in [-0.3, -0.25) is 0 Å². The first-order valence-electron chi connectivity index (χ1n) is 7.99. The van der Waals surface area contributed by atoms with Crippen LogP contribution in [-0.2, 0) is 0 Å². The van der Waals surface area contributed by atoms with E-state index in [1.54, 1.807) is 0 Å². The molecule has 1 aromatic carbocycles. The summed E-state index contributed by atoms with van der Waals surface area (Å²) in [6, 6.07) is 0.309. The maximum absolute atomic E-state index is 10.4. The minimum atomic E-state index is -0.180. The van der Waals surface area contributed by atoms with Gasteiger partial charge in [-0.15, -0.1) is 0 Å². The summed E-state index contributed by atoms with van der Waals surface area (Å²) < 4.78 is 6.30. The van der Waals surface area contributed by atoms with Crippen molar-refractivity contribution in [2.24, 2.45) is 0 Å². The smallest absolute Gasteiger partial charge is 0.165 e. The Balaban J connectivity index is 2.70. The van der Waals surface area contributed by atoms with Gasteiger partial charge < -0.3 is 9.84 Å². The average molecular weight is 291 g/mol. The lowest BCUT2D eigenvalue weighted by molar-refractivity contribution is 0.0514. The summed E-state index contributed by atoms with van der Waals surface area (Å²) >= 11 is 0. The second-order valence-corrected chi connectivity index (χ2v) is 6.77. The Bertz CT molecular complexity index is 545.